The van der Waals surface area contributed by atoms with E-state index in [1.54, 1.807) is 6.07 Å². The second kappa shape index (κ2) is 5.21. The zero-order chi connectivity index (χ0) is 11.4. The first kappa shape index (κ1) is 12.1. The zero-order valence-electron chi connectivity index (χ0n) is 9.57. The van der Waals surface area contributed by atoms with E-state index in [-0.39, 0.29) is 17.8 Å². The molecule has 0 fully saturated rings. The summed E-state index contributed by atoms with van der Waals surface area (Å²) in [4.78, 5) is 4.10. The third-order valence-corrected chi connectivity index (χ3v) is 2.80. The second-order valence-corrected chi connectivity index (χ2v) is 4.24. The van der Waals surface area contributed by atoms with Crippen LogP contribution in [-0.4, -0.2) is 11.0 Å². The van der Waals surface area contributed by atoms with Crippen LogP contribution >= 0.6 is 0 Å². The van der Waals surface area contributed by atoms with Gasteiger partial charge in [0, 0.05) is 17.7 Å². The molecule has 15 heavy (non-hydrogen) atoms. The molecule has 0 aliphatic rings. The van der Waals surface area contributed by atoms with Gasteiger partial charge in [-0.3, -0.25) is 4.98 Å². The minimum Gasteiger partial charge on any atom is -0.327 e. The maximum absolute atomic E-state index is 12.7. The predicted molar refractivity (Wildman–Crippen MR) is 60.0 cm³/mol. The summed E-state index contributed by atoms with van der Waals surface area (Å²) in [5, 5.41) is 0. The monoisotopic (exact) mass is 210 g/mol. The smallest absolute Gasteiger partial charge is 0.141 e. The first-order chi connectivity index (χ1) is 7.06. The Morgan fingerprint density at radius 1 is 1.40 bits per heavy atom. The van der Waals surface area contributed by atoms with Crippen LogP contribution in [0.4, 0.5) is 4.39 Å². The van der Waals surface area contributed by atoms with Crippen molar-refractivity contribution in [3.05, 3.63) is 29.8 Å². The van der Waals surface area contributed by atoms with Crippen molar-refractivity contribution in [2.24, 2.45) is 11.7 Å². The Kier molecular flexibility index (Phi) is 4.21. The molecule has 0 spiro atoms. The molecule has 0 amide bonds. The van der Waals surface area contributed by atoms with Crippen LogP contribution in [0.5, 0.6) is 0 Å². The maximum Gasteiger partial charge on any atom is 0.141 e. The summed E-state index contributed by atoms with van der Waals surface area (Å²) in [6, 6.07) is 3.25. The van der Waals surface area contributed by atoms with Gasteiger partial charge in [-0.25, -0.2) is 4.39 Å². The van der Waals surface area contributed by atoms with Crippen molar-refractivity contribution in [3.63, 3.8) is 0 Å². The van der Waals surface area contributed by atoms with Gasteiger partial charge in [-0.05, 0) is 24.5 Å². The number of nitrogens with zero attached hydrogens (tertiary/aromatic N) is 1. The van der Waals surface area contributed by atoms with Crippen molar-refractivity contribution in [1.29, 1.82) is 0 Å². The summed E-state index contributed by atoms with van der Waals surface area (Å²) in [7, 11) is 0. The van der Waals surface area contributed by atoms with Crippen molar-refractivity contribution in [1.82, 2.24) is 4.98 Å². The molecule has 0 aliphatic heterocycles. The molecule has 0 bridgehead atoms. The topological polar surface area (TPSA) is 38.9 Å². The van der Waals surface area contributed by atoms with Crippen LogP contribution in [0.3, 0.4) is 0 Å². The molecule has 2 nitrogen and oxygen atoms in total. The van der Waals surface area contributed by atoms with Gasteiger partial charge in [0.25, 0.3) is 0 Å². The third kappa shape index (κ3) is 2.99. The van der Waals surface area contributed by atoms with Crippen LogP contribution in [0, 0.1) is 11.7 Å². The summed E-state index contributed by atoms with van der Waals surface area (Å²) in [5.74, 6) is 0.319. The SMILES string of the molecule is CCC(c1ccc(F)cn1)C(N)C(C)C. The van der Waals surface area contributed by atoms with E-state index in [1.165, 1.54) is 12.3 Å². The lowest BCUT2D eigenvalue weighted by molar-refractivity contribution is 0.402. The van der Waals surface area contributed by atoms with E-state index in [0.29, 0.717) is 5.92 Å². The fourth-order valence-electron chi connectivity index (χ4n) is 1.75. The molecule has 0 radical (unpaired) electrons. The summed E-state index contributed by atoms with van der Waals surface area (Å²) in [6.45, 7) is 6.27. The van der Waals surface area contributed by atoms with E-state index >= 15 is 0 Å². The minimum absolute atomic E-state index is 0.0768. The van der Waals surface area contributed by atoms with Gasteiger partial charge in [0.2, 0.25) is 0 Å². The van der Waals surface area contributed by atoms with Gasteiger partial charge in [0.15, 0.2) is 0 Å². The summed E-state index contributed by atoms with van der Waals surface area (Å²) >= 11 is 0. The van der Waals surface area contributed by atoms with Gasteiger partial charge in [-0.2, -0.15) is 0 Å². The lowest BCUT2D eigenvalue weighted by Gasteiger charge is -2.25. The largest absolute Gasteiger partial charge is 0.327 e. The first-order valence-corrected chi connectivity index (χ1v) is 5.43. The molecule has 1 aromatic heterocycles. The average Bonchev–Trinajstić information content (AvgIpc) is 2.21. The van der Waals surface area contributed by atoms with Gasteiger partial charge in [-0.1, -0.05) is 20.8 Å². The number of hydrogen-bond donors (Lipinski definition) is 1. The Balaban J connectivity index is 2.87. The number of hydrogen-bond acceptors (Lipinski definition) is 2. The molecular formula is C12H19FN2. The Morgan fingerprint density at radius 2 is 2.07 bits per heavy atom. The fraction of sp³-hybridized carbons (Fsp3) is 0.583. The van der Waals surface area contributed by atoms with E-state index in [0.717, 1.165) is 12.1 Å². The van der Waals surface area contributed by atoms with Crippen LogP contribution < -0.4 is 5.73 Å². The van der Waals surface area contributed by atoms with Crippen molar-refractivity contribution in [2.45, 2.75) is 39.2 Å². The third-order valence-electron chi connectivity index (χ3n) is 2.80. The Hall–Kier alpha value is -0.960. The molecule has 2 N–H and O–H groups in total. The summed E-state index contributed by atoms with van der Waals surface area (Å²) < 4.78 is 12.7. The molecule has 2 unspecified atom stereocenters. The van der Waals surface area contributed by atoms with E-state index in [1.807, 2.05) is 0 Å². The molecule has 0 aliphatic carbocycles. The van der Waals surface area contributed by atoms with Crippen molar-refractivity contribution in [3.8, 4) is 0 Å². The van der Waals surface area contributed by atoms with Crippen LogP contribution in [0.25, 0.3) is 0 Å². The highest BCUT2D eigenvalue weighted by Gasteiger charge is 2.21. The second-order valence-electron chi connectivity index (χ2n) is 4.24. The van der Waals surface area contributed by atoms with Gasteiger partial charge < -0.3 is 5.73 Å². The molecule has 1 aromatic rings. The summed E-state index contributed by atoms with van der Waals surface area (Å²) in [6.07, 6.45) is 2.18. The number of halogens is 1. The van der Waals surface area contributed by atoms with Crippen molar-refractivity contribution in [2.75, 3.05) is 0 Å². The van der Waals surface area contributed by atoms with Crippen LogP contribution in [0.1, 0.15) is 38.8 Å². The van der Waals surface area contributed by atoms with Crippen LogP contribution in [-0.2, 0) is 0 Å². The molecule has 0 aromatic carbocycles. The molecule has 2 atom stereocenters. The van der Waals surface area contributed by atoms with E-state index in [9.17, 15) is 4.39 Å². The molecule has 3 heteroatoms. The van der Waals surface area contributed by atoms with Gasteiger partial charge in [0.05, 0.1) is 6.20 Å². The number of pyridine rings is 1. The Morgan fingerprint density at radius 3 is 2.47 bits per heavy atom. The lowest BCUT2D eigenvalue weighted by Crippen LogP contribution is -2.33. The van der Waals surface area contributed by atoms with Gasteiger partial charge >= 0.3 is 0 Å². The normalized spacial score (nSPS) is 15.3. The molecular weight excluding hydrogens is 191 g/mol. The number of aromatic nitrogens is 1. The minimum atomic E-state index is -0.299. The number of rotatable bonds is 4. The molecule has 1 heterocycles. The maximum atomic E-state index is 12.7. The lowest BCUT2D eigenvalue weighted by atomic mass is 9.86. The van der Waals surface area contributed by atoms with Crippen molar-refractivity contribution < 1.29 is 4.39 Å². The Bertz CT molecular complexity index is 295. The van der Waals surface area contributed by atoms with Gasteiger partial charge in [-0.15, -0.1) is 0 Å². The Labute approximate surface area is 90.7 Å². The highest BCUT2D eigenvalue weighted by molar-refractivity contribution is 5.13. The van der Waals surface area contributed by atoms with Crippen LogP contribution in [0.15, 0.2) is 18.3 Å². The standard InChI is InChI=1S/C12H19FN2/c1-4-10(12(14)8(2)3)11-6-5-9(13)7-15-11/h5-8,10,12H,4,14H2,1-3H3. The molecule has 0 saturated heterocycles. The first-order valence-electron chi connectivity index (χ1n) is 5.43. The van der Waals surface area contributed by atoms with E-state index < -0.39 is 0 Å². The van der Waals surface area contributed by atoms with E-state index in [2.05, 4.69) is 25.8 Å². The van der Waals surface area contributed by atoms with Crippen LogP contribution in [0.2, 0.25) is 0 Å². The fourth-order valence-corrected chi connectivity index (χ4v) is 1.75. The van der Waals surface area contributed by atoms with E-state index in [4.69, 9.17) is 5.73 Å². The molecule has 84 valence electrons. The average molecular weight is 210 g/mol. The highest BCUT2D eigenvalue weighted by atomic mass is 19.1. The molecule has 1 rings (SSSR count). The zero-order valence-corrected chi connectivity index (χ0v) is 9.57. The van der Waals surface area contributed by atoms with Gasteiger partial charge in [0.1, 0.15) is 5.82 Å². The summed E-state index contributed by atoms with van der Waals surface area (Å²) in [5.41, 5.74) is 7.00. The number of nitrogens with two attached hydrogens (primary N) is 1. The highest BCUT2D eigenvalue weighted by Crippen LogP contribution is 2.24. The van der Waals surface area contributed by atoms with Crippen molar-refractivity contribution >= 4 is 0 Å². The molecule has 0 saturated carbocycles. The quantitative estimate of drug-likeness (QED) is 0.829. The predicted octanol–water partition coefficient (Wildman–Crippen LogP) is 2.70.